The van der Waals surface area contributed by atoms with Crippen LogP contribution in [-0.4, -0.2) is 45.8 Å². The average Bonchev–Trinajstić information content (AvgIpc) is 3.04. The van der Waals surface area contributed by atoms with Gasteiger partial charge in [-0.3, -0.25) is 0 Å². The lowest BCUT2D eigenvalue weighted by atomic mass is 10.3. The van der Waals surface area contributed by atoms with Crippen LogP contribution in [-0.2, 0) is 0 Å². The summed E-state index contributed by atoms with van der Waals surface area (Å²) in [6.45, 7) is 4.07. The number of aromatic nitrogens is 4. The van der Waals surface area contributed by atoms with Gasteiger partial charge >= 0.3 is 0 Å². The minimum Gasteiger partial charge on any atom is -0.369 e. The van der Waals surface area contributed by atoms with Crippen LogP contribution in [0.15, 0.2) is 42.9 Å². The zero-order chi connectivity index (χ0) is 14.8. The van der Waals surface area contributed by atoms with Crippen molar-refractivity contribution in [2.45, 2.75) is 0 Å². The fraction of sp³-hybridized carbons (Fsp3) is 0.267. The minimum atomic E-state index is 0.762. The van der Waals surface area contributed by atoms with E-state index in [1.54, 1.807) is 10.7 Å². The summed E-state index contributed by atoms with van der Waals surface area (Å²) in [5.41, 5.74) is 1.99. The predicted octanol–water partition coefficient (Wildman–Crippen LogP) is 1.28. The molecule has 0 bridgehead atoms. The van der Waals surface area contributed by atoms with Crippen LogP contribution in [0.25, 0.3) is 5.65 Å². The first-order valence-electron chi connectivity index (χ1n) is 7.38. The van der Waals surface area contributed by atoms with Crippen LogP contribution in [0.1, 0.15) is 0 Å². The molecule has 3 aromatic heterocycles. The van der Waals surface area contributed by atoms with Gasteiger partial charge in [-0.15, -0.1) is 0 Å². The highest BCUT2D eigenvalue weighted by atomic mass is 15.2. The molecule has 4 heterocycles. The maximum absolute atomic E-state index is 4.50. The third kappa shape index (κ3) is 2.58. The van der Waals surface area contributed by atoms with Crippen molar-refractivity contribution in [2.24, 2.45) is 0 Å². The molecule has 1 fully saturated rings. The van der Waals surface area contributed by atoms with Gasteiger partial charge in [0.1, 0.15) is 11.6 Å². The molecule has 0 unspecified atom stereocenters. The van der Waals surface area contributed by atoms with Crippen molar-refractivity contribution < 1.29 is 0 Å². The normalized spacial score (nSPS) is 15.2. The van der Waals surface area contributed by atoms with Crippen LogP contribution in [0.2, 0.25) is 0 Å². The molecule has 0 atom stereocenters. The monoisotopic (exact) mass is 295 g/mol. The highest BCUT2D eigenvalue weighted by Crippen LogP contribution is 2.20. The largest absolute Gasteiger partial charge is 0.369 e. The Kier molecular flexibility index (Phi) is 3.32. The molecule has 3 aromatic rings. The maximum atomic E-state index is 4.50. The highest BCUT2D eigenvalue weighted by molar-refractivity contribution is 5.60. The van der Waals surface area contributed by atoms with Gasteiger partial charge in [-0.2, -0.15) is 5.10 Å². The van der Waals surface area contributed by atoms with Gasteiger partial charge in [-0.25, -0.2) is 14.5 Å². The van der Waals surface area contributed by atoms with Gasteiger partial charge in [-0.05, 0) is 12.1 Å². The SMILES string of the molecule is c1cc(N2CCNCC2)cc(Nc2ccn3nccc3n2)n1. The Morgan fingerprint density at radius 2 is 1.95 bits per heavy atom. The molecule has 0 amide bonds. The van der Waals surface area contributed by atoms with Crippen LogP contribution >= 0.6 is 0 Å². The van der Waals surface area contributed by atoms with Crippen molar-refractivity contribution >= 4 is 23.0 Å². The molecule has 7 heteroatoms. The van der Waals surface area contributed by atoms with Crippen LogP contribution < -0.4 is 15.5 Å². The number of nitrogens with one attached hydrogen (secondary N) is 2. The average molecular weight is 295 g/mol. The van der Waals surface area contributed by atoms with E-state index in [0.717, 1.165) is 43.5 Å². The number of nitrogens with zero attached hydrogens (tertiary/aromatic N) is 5. The van der Waals surface area contributed by atoms with Crippen LogP contribution in [0.3, 0.4) is 0 Å². The van der Waals surface area contributed by atoms with E-state index in [2.05, 4.69) is 36.7 Å². The second kappa shape index (κ2) is 5.61. The summed E-state index contributed by atoms with van der Waals surface area (Å²) in [6.07, 6.45) is 5.44. The molecular weight excluding hydrogens is 278 g/mol. The van der Waals surface area contributed by atoms with Crippen molar-refractivity contribution in [3.05, 3.63) is 42.9 Å². The molecule has 0 radical (unpaired) electrons. The van der Waals surface area contributed by atoms with E-state index in [-0.39, 0.29) is 0 Å². The quantitative estimate of drug-likeness (QED) is 0.758. The van der Waals surface area contributed by atoms with Gasteiger partial charge in [0, 0.05) is 56.4 Å². The summed E-state index contributed by atoms with van der Waals surface area (Å²) in [5.74, 6) is 1.56. The number of piperazine rings is 1. The summed E-state index contributed by atoms with van der Waals surface area (Å²) < 4.78 is 1.73. The summed E-state index contributed by atoms with van der Waals surface area (Å²) in [7, 11) is 0. The summed E-state index contributed by atoms with van der Waals surface area (Å²) in [4.78, 5) is 11.2. The molecule has 2 N–H and O–H groups in total. The van der Waals surface area contributed by atoms with Gasteiger partial charge in [0.25, 0.3) is 0 Å². The Labute approximate surface area is 128 Å². The number of fused-ring (bicyclic) bond motifs is 1. The first kappa shape index (κ1) is 13.0. The van der Waals surface area contributed by atoms with Crippen molar-refractivity contribution in [3.8, 4) is 0 Å². The molecule has 112 valence electrons. The molecular formula is C15H17N7. The van der Waals surface area contributed by atoms with Crippen molar-refractivity contribution in [1.82, 2.24) is 24.9 Å². The van der Waals surface area contributed by atoms with Crippen LogP contribution in [0.5, 0.6) is 0 Å². The van der Waals surface area contributed by atoms with E-state index in [0.29, 0.717) is 0 Å². The molecule has 0 spiro atoms. The number of pyridine rings is 1. The Morgan fingerprint density at radius 1 is 1.05 bits per heavy atom. The maximum Gasteiger partial charge on any atom is 0.157 e. The Hall–Kier alpha value is -2.67. The topological polar surface area (TPSA) is 70.4 Å². The number of rotatable bonds is 3. The molecule has 1 aliphatic heterocycles. The first-order chi connectivity index (χ1) is 10.9. The fourth-order valence-electron chi connectivity index (χ4n) is 2.62. The molecule has 1 aliphatic rings. The molecule has 4 rings (SSSR count). The molecule has 0 saturated carbocycles. The van der Waals surface area contributed by atoms with E-state index in [4.69, 9.17) is 0 Å². The van der Waals surface area contributed by atoms with Gasteiger partial charge in [0.15, 0.2) is 5.65 Å². The zero-order valence-electron chi connectivity index (χ0n) is 12.1. The van der Waals surface area contributed by atoms with E-state index >= 15 is 0 Å². The van der Waals surface area contributed by atoms with Gasteiger partial charge in [0.05, 0.1) is 6.20 Å². The van der Waals surface area contributed by atoms with Crippen molar-refractivity contribution in [1.29, 1.82) is 0 Å². The summed E-state index contributed by atoms with van der Waals surface area (Å²) in [6, 6.07) is 7.87. The Morgan fingerprint density at radius 3 is 2.86 bits per heavy atom. The van der Waals surface area contributed by atoms with Crippen molar-refractivity contribution in [2.75, 3.05) is 36.4 Å². The van der Waals surface area contributed by atoms with E-state index in [9.17, 15) is 0 Å². The van der Waals surface area contributed by atoms with Crippen LogP contribution in [0, 0.1) is 0 Å². The molecule has 7 nitrogen and oxygen atoms in total. The first-order valence-corrected chi connectivity index (χ1v) is 7.38. The van der Waals surface area contributed by atoms with Crippen molar-refractivity contribution in [3.63, 3.8) is 0 Å². The second-order valence-electron chi connectivity index (χ2n) is 5.21. The number of hydrogen-bond donors (Lipinski definition) is 2. The van der Waals surface area contributed by atoms with E-state index in [1.165, 1.54) is 5.69 Å². The fourth-order valence-corrected chi connectivity index (χ4v) is 2.62. The van der Waals surface area contributed by atoms with E-state index < -0.39 is 0 Å². The van der Waals surface area contributed by atoms with Gasteiger partial charge < -0.3 is 15.5 Å². The lowest BCUT2D eigenvalue weighted by molar-refractivity contribution is 0.589. The summed E-state index contributed by atoms with van der Waals surface area (Å²) >= 11 is 0. The van der Waals surface area contributed by atoms with Crippen LogP contribution in [0.4, 0.5) is 17.3 Å². The van der Waals surface area contributed by atoms with Gasteiger partial charge in [-0.1, -0.05) is 0 Å². The Bertz CT molecular complexity index is 776. The number of hydrogen-bond acceptors (Lipinski definition) is 6. The summed E-state index contributed by atoms with van der Waals surface area (Å²) in [5, 5.41) is 10.8. The third-order valence-corrected chi connectivity index (χ3v) is 3.74. The standard InChI is InChI=1S/C15H17N7/c1-4-17-14(11-12(1)21-9-6-16-7-10-21)19-13-3-8-22-15(20-13)2-5-18-22/h1-5,8,11,16H,6-7,9-10H2,(H,17,19,20). The molecule has 0 aromatic carbocycles. The lowest BCUT2D eigenvalue weighted by Gasteiger charge is -2.29. The van der Waals surface area contributed by atoms with E-state index in [1.807, 2.05) is 30.6 Å². The highest BCUT2D eigenvalue weighted by Gasteiger charge is 2.11. The Balaban J connectivity index is 1.56. The minimum absolute atomic E-state index is 0.762. The molecule has 22 heavy (non-hydrogen) atoms. The smallest absolute Gasteiger partial charge is 0.157 e. The third-order valence-electron chi connectivity index (χ3n) is 3.74. The second-order valence-corrected chi connectivity index (χ2v) is 5.21. The lowest BCUT2D eigenvalue weighted by Crippen LogP contribution is -2.43. The van der Waals surface area contributed by atoms with Gasteiger partial charge in [0.2, 0.25) is 0 Å². The molecule has 0 aliphatic carbocycles. The predicted molar refractivity (Wildman–Crippen MR) is 85.6 cm³/mol. The molecule has 1 saturated heterocycles. The zero-order valence-corrected chi connectivity index (χ0v) is 12.1. The number of anilines is 3.